The van der Waals surface area contributed by atoms with Gasteiger partial charge in [0.05, 0.1) is 4.92 Å². The summed E-state index contributed by atoms with van der Waals surface area (Å²) in [6.45, 7) is 1.35. The number of carbonyl (C=O) groups is 1. The van der Waals surface area contributed by atoms with Crippen LogP contribution in [-0.4, -0.2) is 34.1 Å². The van der Waals surface area contributed by atoms with Gasteiger partial charge in [0, 0.05) is 19.2 Å². The van der Waals surface area contributed by atoms with Gasteiger partial charge in [-0.25, -0.2) is 9.78 Å². The molecule has 1 saturated heterocycles. The van der Waals surface area contributed by atoms with Crippen molar-refractivity contribution in [2.75, 3.05) is 18.0 Å². The van der Waals surface area contributed by atoms with Crippen LogP contribution in [-0.2, 0) is 0 Å². The molecular weight excluding hydrogens is 226 g/mol. The lowest BCUT2D eigenvalue weighted by Gasteiger charge is -2.16. The van der Waals surface area contributed by atoms with E-state index in [0.717, 1.165) is 18.9 Å². The molecule has 1 aromatic heterocycles. The molecule has 1 N–H and O–H groups in total. The number of carboxylic acids is 1. The lowest BCUT2D eigenvalue weighted by Crippen LogP contribution is -2.21. The minimum atomic E-state index is -1.18. The fourth-order valence-electron chi connectivity index (χ4n) is 1.86. The Kier molecular flexibility index (Phi) is 2.90. The SMILES string of the molecule is O=C(O)c1ccc([N+](=O)[O-])c(N2CCCC2)n1. The summed E-state index contributed by atoms with van der Waals surface area (Å²) in [6.07, 6.45) is 1.88. The molecule has 0 atom stereocenters. The summed E-state index contributed by atoms with van der Waals surface area (Å²) in [4.78, 5) is 26.7. The highest BCUT2D eigenvalue weighted by molar-refractivity contribution is 5.86. The fraction of sp³-hybridized carbons (Fsp3) is 0.400. The van der Waals surface area contributed by atoms with Gasteiger partial charge in [-0.2, -0.15) is 0 Å². The van der Waals surface area contributed by atoms with Gasteiger partial charge >= 0.3 is 11.7 Å². The fourth-order valence-corrected chi connectivity index (χ4v) is 1.86. The second-order valence-electron chi connectivity index (χ2n) is 3.80. The Morgan fingerprint density at radius 2 is 2.06 bits per heavy atom. The number of nitro groups is 1. The van der Waals surface area contributed by atoms with Gasteiger partial charge < -0.3 is 10.0 Å². The normalized spacial score (nSPS) is 14.9. The third-order valence-corrected chi connectivity index (χ3v) is 2.68. The van der Waals surface area contributed by atoms with Gasteiger partial charge in [0.1, 0.15) is 0 Å². The van der Waals surface area contributed by atoms with Crippen molar-refractivity contribution >= 4 is 17.5 Å². The second kappa shape index (κ2) is 4.36. The van der Waals surface area contributed by atoms with Crippen molar-refractivity contribution in [2.45, 2.75) is 12.8 Å². The number of hydrogen-bond donors (Lipinski definition) is 1. The molecule has 0 spiro atoms. The first-order valence-electron chi connectivity index (χ1n) is 5.23. The van der Waals surface area contributed by atoms with E-state index in [1.165, 1.54) is 6.07 Å². The number of rotatable bonds is 3. The zero-order chi connectivity index (χ0) is 12.4. The van der Waals surface area contributed by atoms with Gasteiger partial charge in [-0.05, 0) is 18.9 Å². The number of carboxylic acid groups (broad SMARTS) is 1. The predicted molar refractivity (Wildman–Crippen MR) is 59.3 cm³/mol. The van der Waals surface area contributed by atoms with Crippen LogP contribution >= 0.6 is 0 Å². The van der Waals surface area contributed by atoms with E-state index in [-0.39, 0.29) is 17.2 Å². The molecule has 1 aromatic rings. The highest BCUT2D eigenvalue weighted by Crippen LogP contribution is 2.28. The molecule has 17 heavy (non-hydrogen) atoms. The summed E-state index contributed by atoms with van der Waals surface area (Å²) in [5.74, 6) is -1.02. The van der Waals surface area contributed by atoms with Gasteiger partial charge in [0.2, 0.25) is 5.82 Å². The molecule has 0 amide bonds. The van der Waals surface area contributed by atoms with Crippen molar-refractivity contribution < 1.29 is 14.8 Å². The van der Waals surface area contributed by atoms with Crippen molar-refractivity contribution in [2.24, 2.45) is 0 Å². The number of hydrogen-bond acceptors (Lipinski definition) is 5. The number of aromatic carboxylic acids is 1. The summed E-state index contributed by atoms with van der Waals surface area (Å²) in [7, 11) is 0. The zero-order valence-electron chi connectivity index (χ0n) is 9.00. The number of anilines is 1. The van der Waals surface area contributed by atoms with E-state index in [1.807, 2.05) is 0 Å². The van der Waals surface area contributed by atoms with Crippen LogP contribution in [0.15, 0.2) is 12.1 Å². The van der Waals surface area contributed by atoms with E-state index >= 15 is 0 Å². The maximum atomic E-state index is 10.9. The van der Waals surface area contributed by atoms with Crippen molar-refractivity contribution in [1.82, 2.24) is 4.98 Å². The van der Waals surface area contributed by atoms with Crippen LogP contribution in [0.4, 0.5) is 11.5 Å². The van der Waals surface area contributed by atoms with Crippen LogP contribution in [0.25, 0.3) is 0 Å². The molecule has 0 saturated carbocycles. The van der Waals surface area contributed by atoms with Gasteiger partial charge in [-0.1, -0.05) is 0 Å². The quantitative estimate of drug-likeness (QED) is 0.628. The Hall–Kier alpha value is -2.18. The molecule has 2 rings (SSSR count). The Morgan fingerprint density at radius 1 is 1.41 bits per heavy atom. The third kappa shape index (κ3) is 2.17. The highest BCUT2D eigenvalue weighted by Gasteiger charge is 2.25. The third-order valence-electron chi connectivity index (χ3n) is 2.68. The summed E-state index contributed by atoms with van der Waals surface area (Å²) in [5.41, 5.74) is -0.311. The van der Waals surface area contributed by atoms with Gasteiger partial charge in [0.15, 0.2) is 5.69 Å². The molecule has 2 heterocycles. The summed E-state index contributed by atoms with van der Waals surface area (Å²) in [5, 5.41) is 19.7. The van der Waals surface area contributed by atoms with E-state index in [9.17, 15) is 14.9 Å². The van der Waals surface area contributed by atoms with Crippen molar-refractivity contribution in [3.8, 4) is 0 Å². The molecule has 7 nitrogen and oxygen atoms in total. The molecule has 0 bridgehead atoms. The van der Waals surface area contributed by atoms with E-state index in [0.29, 0.717) is 13.1 Å². The molecule has 0 radical (unpaired) electrons. The molecule has 7 heteroatoms. The monoisotopic (exact) mass is 237 g/mol. The number of pyridine rings is 1. The van der Waals surface area contributed by atoms with Crippen molar-refractivity contribution in [3.05, 3.63) is 27.9 Å². The van der Waals surface area contributed by atoms with E-state index in [1.54, 1.807) is 4.90 Å². The van der Waals surface area contributed by atoms with Gasteiger partial charge in [-0.3, -0.25) is 10.1 Å². The Morgan fingerprint density at radius 3 is 2.59 bits per heavy atom. The molecule has 0 unspecified atom stereocenters. The topological polar surface area (TPSA) is 96.6 Å². The maximum absolute atomic E-state index is 10.9. The van der Waals surface area contributed by atoms with Crippen LogP contribution in [0.3, 0.4) is 0 Å². The predicted octanol–water partition coefficient (Wildman–Crippen LogP) is 1.29. The van der Waals surface area contributed by atoms with Crippen LogP contribution in [0, 0.1) is 10.1 Å². The Balaban J connectivity index is 2.46. The Bertz CT molecular complexity index is 469. The van der Waals surface area contributed by atoms with E-state index < -0.39 is 10.9 Å². The molecule has 1 aliphatic rings. The average molecular weight is 237 g/mol. The highest BCUT2D eigenvalue weighted by atomic mass is 16.6. The molecule has 0 aliphatic carbocycles. The van der Waals surface area contributed by atoms with E-state index in [2.05, 4.69) is 4.98 Å². The minimum Gasteiger partial charge on any atom is -0.477 e. The molecule has 90 valence electrons. The summed E-state index contributed by atoms with van der Waals surface area (Å²) in [6, 6.07) is 2.35. The first kappa shape index (κ1) is 11.3. The summed E-state index contributed by atoms with van der Waals surface area (Å²) >= 11 is 0. The number of nitrogens with zero attached hydrogens (tertiary/aromatic N) is 3. The van der Waals surface area contributed by atoms with Crippen molar-refractivity contribution in [1.29, 1.82) is 0 Å². The Labute approximate surface area is 96.8 Å². The second-order valence-corrected chi connectivity index (χ2v) is 3.80. The van der Waals surface area contributed by atoms with Crippen molar-refractivity contribution in [3.63, 3.8) is 0 Å². The smallest absolute Gasteiger partial charge is 0.354 e. The minimum absolute atomic E-state index is 0.142. The molecular formula is C10H11N3O4. The van der Waals surface area contributed by atoms with Crippen LogP contribution in [0.1, 0.15) is 23.3 Å². The van der Waals surface area contributed by atoms with Crippen LogP contribution < -0.4 is 4.90 Å². The largest absolute Gasteiger partial charge is 0.477 e. The average Bonchev–Trinajstić information content (AvgIpc) is 2.81. The number of aromatic nitrogens is 1. The van der Waals surface area contributed by atoms with Gasteiger partial charge in [-0.15, -0.1) is 0 Å². The first-order valence-corrected chi connectivity index (χ1v) is 5.23. The standard InChI is InChI=1S/C10H11N3O4/c14-10(15)7-3-4-8(13(16)17)9(11-7)12-5-1-2-6-12/h3-4H,1-2,5-6H2,(H,14,15). The lowest BCUT2D eigenvalue weighted by atomic mass is 10.3. The lowest BCUT2D eigenvalue weighted by molar-refractivity contribution is -0.384. The van der Waals surface area contributed by atoms with Crippen LogP contribution in [0.5, 0.6) is 0 Å². The van der Waals surface area contributed by atoms with Crippen LogP contribution in [0.2, 0.25) is 0 Å². The molecule has 0 aromatic carbocycles. The zero-order valence-corrected chi connectivity index (χ0v) is 9.00. The molecule has 1 fully saturated rings. The summed E-state index contributed by atoms with van der Waals surface area (Å²) < 4.78 is 0. The maximum Gasteiger partial charge on any atom is 0.354 e. The first-order chi connectivity index (χ1) is 8.09. The van der Waals surface area contributed by atoms with E-state index in [4.69, 9.17) is 5.11 Å². The molecule has 1 aliphatic heterocycles. The van der Waals surface area contributed by atoms with Gasteiger partial charge in [0.25, 0.3) is 0 Å².